The van der Waals surface area contributed by atoms with Crippen LogP contribution in [0, 0.1) is 17.8 Å². The minimum absolute atomic E-state index is 0.0943. The first-order valence-electron chi connectivity index (χ1n) is 8.79. The van der Waals surface area contributed by atoms with Crippen LogP contribution in [0.1, 0.15) is 57.8 Å². The molecule has 0 amide bonds. The summed E-state index contributed by atoms with van der Waals surface area (Å²) < 4.78 is 0. The number of likely N-dealkylation sites (N-methyl/N-ethyl adjacent to an activating group) is 1. The third-order valence-corrected chi connectivity index (χ3v) is 6.01. The summed E-state index contributed by atoms with van der Waals surface area (Å²) in [4.78, 5) is 12.0. The average Bonchev–Trinajstić information content (AvgIpc) is 2.72. The molecule has 4 unspecified atom stereocenters. The van der Waals surface area contributed by atoms with Gasteiger partial charge in [-0.2, -0.15) is 0 Å². The van der Waals surface area contributed by atoms with Crippen LogP contribution >= 0.6 is 0 Å². The van der Waals surface area contributed by atoms with E-state index < -0.39 is 18.6 Å². The Morgan fingerprint density at radius 3 is 2.50 bits per heavy atom. The summed E-state index contributed by atoms with van der Waals surface area (Å²) >= 11 is 0. The van der Waals surface area contributed by atoms with Crippen molar-refractivity contribution in [3.05, 3.63) is 0 Å². The van der Waals surface area contributed by atoms with E-state index in [2.05, 4.69) is 5.32 Å². The van der Waals surface area contributed by atoms with E-state index in [0.29, 0.717) is 24.6 Å². The summed E-state index contributed by atoms with van der Waals surface area (Å²) in [5.74, 6) is 0.306. The van der Waals surface area contributed by atoms with Gasteiger partial charge in [-0.3, -0.25) is 4.79 Å². The molecule has 126 valence electrons. The number of nitrogens with one attached hydrogen (secondary N) is 1. The minimum Gasteiger partial charge on any atom is -0.480 e. The standard InChI is InChI=1S/C16H30BNO4/c1-18-16(15(19)20)11-12-7-4-2-3-5-8-13(12)14(16)9-6-10-17(21)22/h12-14,18,21-22H,2-11H2,1H3,(H,19,20). The van der Waals surface area contributed by atoms with Crippen molar-refractivity contribution < 1.29 is 19.9 Å². The van der Waals surface area contributed by atoms with Crippen LogP contribution < -0.4 is 5.32 Å². The molecule has 2 fully saturated rings. The molecule has 22 heavy (non-hydrogen) atoms. The fourth-order valence-corrected chi connectivity index (χ4v) is 4.92. The number of hydrogen-bond donors (Lipinski definition) is 4. The van der Waals surface area contributed by atoms with Crippen LogP contribution in [0.2, 0.25) is 6.32 Å². The van der Waals surface area contributed by atoms with Gasteiger partial charge < -0.3 is 20.5 Å². The number of carbonyl (C=O) groups is 1. The molecular formula is C16H30BNO4. The van der Waals surface area contributed by atoms with Crippen molar-refractivity contribution in [2.24, 2.45) is 17.8 Å². The molecule has 0 saturated heterocycles. The van der Waals surface area contributed by atoms with Crippen LogP contribution in [0.25, 0.3) is 0 Å². The fraction of sp³-hybridized carbons (Fsp3) is 0.938. The maximum atomic E-state index is 12.0. The van der Waals surface area contributed by atoms with E-state index in [1.807, 2.05) is 0 Å². The molecule has 2 aliphatic rings. The first-order valence-corrected chi connectivity index (χ1v) is 8.79. The van der Waals surface area contributed by atoms with E-state index in [0.717, 1.165) is 25.7 Å². The van der Waals surface area contributed by atoms with E-state index in [9.17, 15) is 9.90 Å². The highest BCUT2D eigenvalue weighted by atomic mass is 16.4. The van der Waals surface area contributed by atoms with Gasteiger partial charge in [0, 0.05) is 0 Å². The zero-order chi connectivity index (χ0) is 16.2. The molecule has 0 spiro atoms. The lowest BCUT2D eigenvalue weighted by Gasteiger charge is -2.34. The molecule has 2 saturated carbocycles. The van der Waals surface area contributed by atoms with Crippen LogP contribution in [0.3, 0.4) is 0 Å². The van der Waals surface area contributed by atoms with Gasteiger partial charge in [0.2, 0.25) is 0 Å². The van der Waals surface area contributed by atoms with Crippen LogP contribution in [0.15, 0.2) is 0 Å². The molecule has 0 aromatic carbocycles. The fourth-order valence-electron chi connectivity index (χ4n) is 4.92. The summed E-state index contributed by atoms with van der Waals surface area (Å²) in [6.07, 6.45) is 9.66. The Kier molecular flexibility index (Phi) is 6.30. The maximum absolute atomic E-state index is 12.0. The maximum Gasteiger partial charge on any atom is 0.451 e. The molecule has 4 atom stereocenters. The van der Waals surface area contributed by atoms with Crippen molar-refractivity contribution in [3.63, 3.8) is 0 Å². The van der Waals surface area contributed by atoms with E-state index in [-0.39, 0.29) is 5.92 Å². The van der Waals surface area contributed by atoms with Crippen LogP contribution in [0.4, 0.5) is 0 Å². The quantitative estimate of drug-likeness (QED) is 0.563. The predicted octanol–water partition coefficient (Wildman–Crippen LogP) is 1.89. The van der Waals surface area contributed by atoms with Crippen molar-refractivity contribution in [2.45, 2.75) is 69.6 Å². The van der Waals surface area contributed by atoms with Crippen molar-refractivity contribution in [1.82, 2.24) is 5.32 Å². The number of carboxylic acid groups (broad SMARTS) is 1. The smallest absolute Gasteiger partial charge is 0.451 e. The van der Waals surface area contributed by atoms with Gasteiger partial charge in [0.15, 0.2) is 0 Å². The zero-order valence-corrected chi connectivity index (χ0v) is 13.6. The first kappa shape index (κ1) is 17.8. The lowest BCUT2D eigenvalue weighted by molar-refractivity contribution is -0.147. The Labute approximate surface area is 133 Å². The second kappa shape index (κ2) is 7.80. The highest BCUT2D eigenvalue weighted by Gasteiger charge is 2.56. The number of aliphatic carboxylic acids is 1. The summed E-state index contributed by atoms with van der Waals surface area (Å²) in [5.41, 5.74) is -0.833. The number of fused-ring (bicyclic) bond motifs is 1. The van der Waals surface area contributed by atoms with Gasteiger partial charge in [-0.1, -0.05) is 38.5 Å². The SMILES string of the molecule is CNC1(C(=O)O)CC2CCCCCCC2C1CCCB(O)O. The molecule has 0 aromatic rings. The minimum atomic E-state index is -1.29. The van der Waals surface area contributed by atoms with E-state index in [1.54, 1.807) is 7.05 Å². The molecule has 0 heterocycles. The predicted molar refractivity (Wildman–Crippen MR) is 86.4 cm³/mol. The summed E-state index contributed by atoms with van der Waals surface area (Å²) in [5, 5.41) is 31.1. The van der Waals surface area contributed by atoms with Crippen molar-refractivity contribution in [2.75, 3.05) is 7.05 Å². The lowest BCUT2D eigenvalue weighted by atomic mass is 9.73. The second-order valence-corrected chi connectivity index (χ2v) is 7.16. The number of hydrogen-bond acceptors (Lipinski definition) is 4. The van der Waals surface area contributed by atoms with Gasteiger partial charge >= 0.3 is 13.1 Å². The second-order valence-electron chi connectivity index (χ2n) is 7.16. The van der Waals surface area contributed by atoms with E-state index in [1.165, 1.54) is 25.7 Å². The first-order chi connectivity index (χ1) is 10.5. The summed E-state index contributed by atoms with van der Waals surface area (Å²) in [6, 6.07) is 0. The normalized spacial score (nSPS) is 35.5. The third kappa shape index (κ3) is 3.66. The molecule has 0 aromatic heterocycles. The average molecular weight is 311 g/mol. The molecule has 4 N–H and O–H groups in total. The molecule has 2 aliphatic carbocycles. The van der Waals surface area contributed by atoms with Gasteiger partial charge in [-0.05, 0) is 50.4 Å². The Hall–Kier alpha value is -0.585. The number of rotatable bonds is 6. The molecule has 0 radical (unpaired) electrons. The largest absolute Gasteiger partial charge is 0.480 e. The van der Waals surface area contributed by atoms with Crippen LogP contribution in [-0.4, -0.2) is 40.8 Å². The summed E-state index contributed by atoms with van der Waals surface area (Å²) in [7, 11) is 0.476. The Morgan fingerprint density at radius 1 is 1.23 bits per heavy atom. The molecule has 2 rings (SSSR count). The van der Waals surface area contributed by atoms with Gasteiger partial charge in [-0.15, -0.1) is 0 Å². The Morgan fingerprint density at radius 2 is 1.91 bits per heavy atom. The molecule has 6 heteroatoms. The molecule has 0 bridgehead atoms. The molecule has 5 nitrogen and oxygen atoms in total. The zero-order valence-electron chi connectivity index (χ0n) is 13.6. The highest BCUT2D eigenvalue weighted by Crippen LogP contribution is 2.51. The Bertz CT molecular complexity index is 379. The monoisotopic (exact) mass is 311 g/mol. The van der Waals surface area contributed by atoms with E-state index in [4.69, 9.17) is 10.0 Å². The van der Waals surface area contributed by atoms with Crippen molar-refractivity contribution >= 4 is 13.1 Å². The van der Waals surface area contributed by atoms with Crippen LogP contribution in [0.5, 0.6) is 0 Å². The van der Waals surface area contributed by atoms with Gasteiger partial charge in [0.05, 0.1) is 0 Å². The van der Waals surface area contributed by atoms with Crippen LogP contribution in [-0.2, 0) is 4.79 Å². The van der Waals surface area contributed by atoms with Crippen molar-refractivity contribution in [1.29, 1.82) is 0 Å². The highest BCUT2D eigenvalue weighted by molar-refractivity contribution is 6.40. The topological polar surface area (TPSA) is 89.8 Å². The van der Waals surface area contributed by atoms with Gasteiger partial charge in [-0.25, -0.2) is 0 Å². The Balaban J connectivity index is 2.17. The summed E-state index contributed by atoms with van der Waals surface area (Å²) in [6.45, 7) is 0. The third-order valence-electron chi connectivity index (χ3n) is 6.01. The van der Waals surface area contributed by atoms with Gasteiger partial charge in [0.25, 0.3) is 0 Å². The molecule has 0 aliphatic heterocycles. The van der Waals surface area contributed by atoms with Crippen molar-refractivity contribution in [3.8, 4) is 0 Å². The van der Waals surface area contributed by atoms with E-state index >= 15 is 0 Å². The van der Waals surface area contributed by atoms with Gasteiger partial charge in [0.1, 0.15) is 5.54 Å². The number of carboxylic acids is 1. The molecular weight excluding hydrogens is 281 g/mol. The lowest BCUT2D eigenvalue weighted by Crippen LogP contribution is -2.54.